The number of amides is 2. The van der Waals surface area contributed by atoms with Gasteiger partial charge in [0.05, 0.1) is 10.6 Å². The van der Waals surface area contributed by atoms with E-state index in [1.807, 2.05) is 25.7 Å². The van der Waals surface area contributed by atoms with Crippen molar-refractivity contribution in [3.05, 3.63) is 28.8 Å². The molecule has 1 aliphatic heterocycles. The molecular formula is C18H27Cl2N3O2. The van der Waals surface area contributed by atoms with Crippen LogP contribution in [0.1, 0.15) is 44.0 Å². The summed E-state index contributed by atoms with van der Waals surface area (Å²) in [5.41, 5.74) is 0.950. The van der Waals surface area contributed by atoms with E-state index in [-0.39, 0.29) is 29.6 Å². The topological polar surface area (TPSA) is 61.4 Å². The van der Waals surface area contributed by atoms with Crippen LogP contribution in [-0.2, 0) is 4.79 Å². The number of benzene rings is 1. The third-order valence-electron chi connectivity index (χ3n) is 3.80. The van der Waals surface area contributed by atoms with Crippen LogP contribution < -0.4 is 10.6 Å². The normalized spacial score (nSPS) is 15.1. The third-order valence-corrected chi connectivity index (χ3v) is 4.13. The highest BCUT2D eigenvalue weighted by Crippen LogP contribution is 2.24. The maximum atomic E-state index is 12.7. The highest BCUT2D eigenvalue weighted by molar-refractivity contribution is 6.34. The minimum atomic E-state index is -0.0891. The monoisotopic (exact) mass is 387 g/mol. The fourth-order valence-corrected chi connectivity index (χ4v) is 2.87. The lowest BCUT2D eigenvalue weighted by atomic mass is 9.92. The highest BCUT2D eigenvalue weighted by atomic mass is 35.5. The van der Waals surface area contributed by atoms with Gasteiger partial charge in [-0.2, -0.15) is 0 Å². The Morgan fingerprint density at radius 1 is 1.24 bits per heavy atom. The average molecular weight is 388 g/mol. The predicted octanol–water partition coefficient (Wildman–Crippen LogP) is 3.57. The summed E-state index contributed by atoms with van der Waals surface area (Å²) in [6, 6.07) is 5.06. The van der Waals surface area contributed by atoms with Gasteiger partial charge in [-0.25, -0.2) is 0 Å². The Morgan fingerprint density at radius 3 is 2.64 bits per heavy atom. The zero-order valence-electron chi connectivity index (χ0n) is 15.0. The molecule has 1 aromatic carbocycles. The van der Waals surface area contributed by atoms with Gasteiger partial charge in [-0.15, -0.1) is 12.4 Å². The Bertz CT molecular complexity index is 607. The summed E-state index contributed by atoms with van der Waals surface area (Å²) in [5, 5.41) is 6.54. The number of hydrogen-bond donors (Lipinski definition) is 2. The van der Waals surface area contributed by atoms with Crippen LogP contribution in [0.15, 0.2) is 18.2 Å². The molecule has 2 rings (SSSR count). The molecule has 0 saturated carbocycles. The molecule has 0 bridgehead atoms. The molecule has 0 aliphatic carbocycles. The minimum absolute atomic E-state index is 0. The molecule has 1 aliphatic rings. The van der Waals surface area contributed by atoms with Crippen molar-refractivity contribution in [2.45, 2.75) is 33.6 Å². The first kappa shape index (κ1) is 21.7. The van der Waals surface area contributed by atoms with Crippen molar-refractivity contribution in [3.8, 4) is 0 Å². The van der Waals surface area contributed by atoms with E-state index >= 15 is 0 Å². The second kappa shape index (κ2) is 9.41. The molecule has 0 unspecified atom stereocenters. The highest BCUT2D eigenvalue weighted by Gasteiger charge is 2.21. The number of carbonyl (C=O) groups is 2. The fourth-order valence-electron chi connectivity index (χ4n) is 2.67. The van der Waals surface area contributed by atoms with Crippen molar-refractivity contribution in [1.82, 2.24) is 10.2 Å². The van der Waals surface area contributed by atoms with E-state index < -0.39 is 0 Å². The van der Waals surface area contributed by atoms with Gasteiger partial charge in [0, 0.05) is 31.7 Å². The molecule has 2 amide bonds. The molecule has 0 radical (unpaired) electrons. The molecule has 1 fully saturated rings. The van der Waals surface area contributed by atoms with E-state index in [0.717, 1.165) is 19.5 Å². The van der Waals surface area contributed by atoms with E-state index in [1.165, 1.54) is 0 Å². The van der Waals surface area contributed by atoms with E-state index in [0.29, 0.717) is 35.8 Å². The molecule has 1 heterocycles. The molecule has 2 N–H and O–H groups in total. The molecule has 5 nitrogen and oxygen atoms in total. The number of anilines is 1. The van der Waals surface area contributed by atoms with Gasteiger partial charge in [-0.3, -0.25) is 9.59 Å². The quantitative estimate of drug-likeness (QED) is 0.832. The summed E-state index contributed by atoms with van der Waals surface area (Å²) >= 11 is 6.22. The molecule has 0 atom stereocenters. The summed E-state index contributed by atoms with van der Waals surface area (Å²) < 4.78 is 0. The van der Waals surface area contributed by atoms with Gasteiger partial charge < -0.3 is 15.5 Å². The Hall–Kier alpha value is -1.30. The molecular weight excluding hydrogens is 361 g/mol. The summed E-state index contributed by atoms with van der Waals surface area (Å²) in [4.78, 5) is 26.6. The number of rotatable bonds is 3. The summed E-state index contributed by atoms with van der Waals surface area (Å²) in [7, 11) is 0. The summed E-state index contributed by atoms with van der Waals surface area (Å²) in [6.45, 7) is 9.11. The number of hydrogen-bond acceptors (Lipinski definition) is 3. The largest absolute Gasteiger partial charge is 0.337 e. The lowest BCUT2D eigenvalue weighted by molar-refractivity contribution is -0.117. The van der Waals surface area contributed by atoms with Gasteiger partial charge in [-0.1, -0.05) is 32.4 Å². The van der Waals surface area contributed by atoms with Crippen LogP contribution in [0.3, 0.4) is 0 Å². The van der Waals surface area contributed by atoms with E-state index in [1.54, 1.807) is 18.2 Å². The first-order chi connectivity index (χ1) is 11.3. The van der Waals surface area contributed by atoms with Crippen LogP contribution in [0, 0.1) is 5.41 Å². The van der Waals surface area contributed by atoms with Crippen LogP contribution in [-0.4, -0.2) is 42.9 Å². The molecule has 1 saturated heterocycles. The molecule has 7 heteroatoms. The molecule has 0 aromatic heterocycles. The van der Waals surface area contributed by atoms with Gasteiger partial charge in [-0.05, 0) is 36.6 Å². The lowest BCUT2D eigenvalue weighted by Crippen LogP contribution is -2.34. The van der Waals surface area contributed by atoms with E-state index in [9.17, 15) is 9.59 Å². The fraction of sp³-hybridized carbons (Fsp3) is 0.556. The van der Waals surface area contributed by atoms with Crippen molar-refractivity contribution in [2.24, 2.45) is 5.41 Å². The van der Waals surface area contributed by atoms with Crippen LogP contribution in [0.25, 0.3) is 0 Å². The van der Waals surface area contributed by atoms with Crippen LogP contribution in [0.2, 0.25) is 5.02 Å². The predicted molar refractivity (Wildman–Crippen MR) is 105 cm³/mol. The second-order valence-corrected chi connectivity index (χ2v) is 7.78. The van der Waals surface area contributed by atoms with Crippen LogP contribution in [0.4, 0.5) is 5.69 Å². The van der Waals surface area contributed by atoms with Crippen molar-refractivity contribution in [3.63, 3.8) is 0 Å². The minimum Gasteiger partial charge on any atom is -0.337 e. The Balaban J connectivity index is 0.00000312. The number of nitrogens with one attached hydrogen (secondary N) is 2. The van der Waals surface area contributed by atoms with Crippen molar-refractivity contribution >= 4 is 41.5 Å². The SMILES string of the molecule is CC(C)(C)CC(=O)Nc1ccc(Cl)c(C(=O)N2CCCNCC2)c1.Cl. The Labute approximate surface area is 160 Å². The second-order valence-electron chi connectivity index (χ2n) is 7.38. The molecule has 140 valence electrons. The van der Waals surface area contributed by atoms with Gasteiger partial charge in [0.15, 0.2) is 0 Å². The third kappa shape index (κ3) is 6.84. The number of nitrogens with zero attached hydrogens (tertiary/aromatic N) is 1. The Kier molecular flexibility index (Phi) is 8.19. The standard InChI is InChI=1S/C18H26ClN3O2.ClH/c1-18(2,3)12-16(23)21-13-5-6-15(19)14(11-13)17(24)22-9-4-7-20-8-10-22;/h5-6,11,20H,4,7-10,12H2,1-3H3,(H,21,23);1H. The van der Waals surface area contributed by atoms with Crippen molar-refractivity contribution in [1.29, 1.82) is 0 Å². The van der Waals surface area contributed by atoms with Gasteiger partial charge in [0.1, 0.15) is 0 Å². The van der Waals surface area contributed by atoms with Crippen LogP contribution >= 0.6 is 24.0 Å². The average Bonchev–Trinajstić information content (AvgIpc) is 2.75. The van der Waals surface area contributed by atoms with E-state index in [2.05, 4.69) is 10.6 Å². The van der Waals surface area contributed by atoms with Crippen LogP contribution in [0.5, 0.6) is 0 Å². The number of carbonyl (C=O) groups excluding carboxylic acids is 2. The van der Waals surface area contributed by atoms with E-state index in [4.69, 9.17) is 11.6 Å². The Morgan fingerprint density at radius 2 is 1.96 bits per heavy atom. The molecule has 1 aromatic rings. The summed E-state index contributed by atoms with van der Waals surface area (Å²) in [5.74, 6) is -0.155. The molecule has 25 heavy (non-hydrogen) atoms. The van der Waals surface area contributed by atoms with Crippen molar-refractivity contribution in [2.75, 3.05) is 31.5 Å². The zero-order valence-corrected chi connectivity index (χ0v) is 16.6. The van der Waals surface area contributed by atoms with Gasteiger partial charge in [0.25, 0.3) is 5.91 Å². The maximum absolute atomic E-state index is 12.7. The van der Waals surface area contributed by atoms with Gasteiger partial charge in [0.2, 0.25) is 5.91 Å². The molecule has 0 spiro atoms. The summed E-state index contributed by atoms with van der Waals surface area (Å²) in [6.07, 6.45) is 1.34. The smallest absolute Gasteiger partial charge is 0.255 e. The first-order valence-corrected chi connectivity index (χ1v) is 8.73. The first-order valence-electron chi connectivity index (χ1n) is 8.36. The lowest BCUT2D eigenvalue weighted by Gasteiger charge is -2.21. The number of halogens is 2. The van der Waals surface area contributed by atoms with Crippen molar-refractivity contribution < 1.29 is 9.59 Å². The zero-order chi connectivity index (χ0) is 17.7. The maximum Gasteiger partial charge on any atom is 0.255 e. The van der Waals surface area contributed by atoms with Gasteiger partial charge >= 0.3 is 0 Å².